The van der Waals surface area contributed by atoms with Crippen molar-refractivity contribution in [3.05, 3.63) is 30.1 Å². The van der Waals surface area contributed by atoms with E-state index in [1.54, 1.807) is 0 Å². The Hall–Kier alpha value is -1.91. The average molecular weight is 305 g/mol. The van der Waals surface area contributed by atoms with Crippen LogP contribution in [0, 0.1) is 11.2 Å². The van der Waals surface area contributed by atoms with Crippen LogP contribution in [-0.2, 0) is 9.59 Å². The molecule has 0 aromatic heterocycles. The fourth-order valence-corrected chi connectivity index (χ4v) is 3.49. The number of likely N-dealkylation sites (tertiary alicyclic amines) is 1. The molecule has 0 radical (unpaired) electrons. The number of benzene rings is 1. The third-order valence-corrected chi connectivity index (χ3v) is 4.70. The lowest BCUT2D eigenvalue weighted by atomic mass is 9.73. The smallest absolute Gasteiger partial charge is 0.236 e. The highest BCUT2D eigenvalue weighted by molar-refractivity contribution is 6.05. The molecule has 1 aromatic carbocycles. The van der Waals surface area contributed by atoms with Gasteiger partial charge >= 0.3 is 0 Å². The number of imide groups is 1. The molecule has 1 saturated heterocycles. The van der Waals surface area contributed by atoms with Crippen molar-refractivity contribution in [2.75, 3.05) is 13.2 Å². The van der Waals surface area contributed by atoms with Gasteiger partial charge in [-0.2, -0.15) is 0 Å². The second-order valence-electron chi connectivity index (χ2n) is 6.17. The van der Waals surface area contributed by atoms with E-state index in [-0.39, 0.29) is 30.8 Å². The zero-order valence-electron chi connectivity index (χ0n) is 12.5. The van der Waals surface area contributed by atoms with Crippen molar-refractivity contribution >= 4 is 11.8 Å². The third-order valence-electron chi connectivity index (χ3n) is 4.70. The molecule has 1 spiro atoms. The highest BCUT2D eigenvalue weighted by Crippen LogP contribution is 2.45. The number of hydrogen-bond donors (Lipinski definition) is 0. The summed E-state index contributed by atoms with van der Waals surface area (Å²) in [5.74, 6) is 0.0962. The molecule has 1 aliphatic heterocycles. The zero-order chi connectivity index (χ0) is 15.6. The van der Waals surface area contributed by atoms with Gasteiger partial charge in [0, 0.05) is 6.42 Å². The average Bonchev–Trinajstić information content (AvgIpc) is 2.74. The van der Waals surface area contributed by atoms with Gasteiger partial charge in [0.25, 0.3) is 0 Å². The van der Waals surface area contributed by atoms with Gasteiger partial charge in [0.05, 0.1) is 12.0 Å². The summed E-state index contributed by atoms with van der Waals surface area (Å²) in [5.41, 5.74) is -0.439. The maximum atomic E-state index is 12.8. The van der Waals surface area contributed by atoms with E-state index in [1.807, 2.05) is 0 Å². The Balaban J connectivity index is 1.57. The summed E-state index contributed by atoms with van der Waals surface area (Å²) in [5, 5.41) is 0. The van der Waals surface area contributed by atoms with Crippen molar-refractivity contribution in [3.63, 3.8) is 0 Å². The highest BCUT2D eigenvalue weighted by atomic mass is 19.1. The fraction of sp³-hybridized carbons (Fsp3) is 0.529. The van der Waals surface area contributed by atoms with Gasteiger partial charge in [0.1, 0.15) is 18.2 Å². The first-order valence-corrected chi connectivity index (χ1v) is 7.84. The normalized spacial score (nSPS) is 20.7. The number of amides is 2. The summed E-state index contributed by atoms with van der Waals surface area (Å²) in [4.78, 5) is 26.1. The van der Waals surface area contributed by atoms with Crippen LogP contribution >= 0.6 is 0 Å². The van der Waals surface area contributed by atoms with E-state index in [9.17, 15) is 14.0 Å². The number of carbonyl (C=O) groups excluding carboxylic acids is 2. The van der Waals surface area contributed by atoms with Crippen LogP contribution < -0.4 is 4.74 Å². The molecule has 0 atom stereocenters. The molecule has 118 valence electrons. The summed E-state index contributed by atoms with van der Waals surface area (Å²) < 4.78 is 18.3. The Morgan fingerprint density at radius 2 is 1.77 bits per heavy atom. The maximum Gasteiger partial charge on any atom is 0.236 e. The molecule has 1 aliphatic carbocycles. The van der Waals surface area contributed by atoms with Crippen molar-refractivity contribution in [2.24, 2.45) is 5.41 Å². The third kappa shape index (κ3) is 2.85. The second kappa shape index (κ2) is 6.07. The molecular weight excluding hydrogens is 285 g/mol. The summed E-state index contributed by atoms with van der Waals surface area (Å²) in [6.07, 6.45) is 5.21. The van der Waals surface area contributed by atoms with Crippen molar-refractivity contribution < 1.29 is 18.7 Å². The standard InChI is InChI=1S/C17H20FNO3/c18-13-4-6-14(7-5-13)22-11-10-19-15(20)12-17(16(19)21)8-2-1-3-9-17/h4-7H,1-3,8-12H2. The molecule has 2 fully saturated rings. The number of halogens is 1. The monoisotopic (exact) mass is 305 g/mol. The van der Waals surface area contributed by atoms with Crippen LogP contribution in [-0.4, -0.2) is 29.9 Å². The molecule has 1 aromatic rings. The topological polar surface area (TPSA) is 46.6 Å². The largest absolute Gasteiger partial charge is 0.492 e. The summed E-state index contributed by atoms with van der Waals surface area (Å²) >= 11 is 0. The molecule has 22 heavy (non-hydrogen) atoms. The van der Waals surface area contributed by atoms with Crippen LogP contribution in [0.3, 0.4) is 0 Å². The molecule has 0 bridgehead atoms. The van der Waals surface area contributed by atoms with Gasteiger partial charge in [-0.15, -0.1) is 0 Å². The van der Waals surface area contributed by atoms with Crippen molar-refractivity contribution in [3.8, 4) is 5.75 Å². The van der Waals surface area contributed by atoms with E-state index < -0.39 is 5.41 Å². The number of nitrogens with zero attached hydrogens (tertiary/aromatic N) is 1. The number of hydrogen-bond acceptors (Lipinski definition) is 3. The lowest BCUT2D eigenvalue weighted by molar-refractivity contribution is -0.142. The van der Waals surface area contributed by atoms with E-state index in [1.165, 1.54) is 29.2 Å². The Kier molecular flexibility index (Phi) is 4.14. The minimum Gasteiger partial charge on any atom is -0.492 e. The first-order chi connectivity index (χ1) is 10.6. The van der Waals surface area contributed by atoms with Crippen LogP contribution in [0.1, 0.15) is 38.5 Å². The molecule has 3 rings (SSSR count). The lowest BCUT2D eigenvalue weighted by Gasteiger charge is -2.30. The molecule has 1 heterocycles. The Labute approximate surface area is 129 Å². The number of rotatable bonds is 4. The van der Waals surface area contributed by atoms with Crippen LogP contribution in [0.15, 0.2) is 24.3 Å². The maximum absolute atomic E-state index is 12.8. The van der Waals surface area contributed by atoms with Gasteiger partial charge in [-0.3, -0.25) is 14.5 Å². The molecule has 2 amide bonds. The van der Waals surface area contributed by atoms with Crippen LogP contribution in [0.5, 0.6) is 5.75 Å². The number of ether oxygens (including phenoxy) is 1. The lowest BCUT2D eigenvalue weighted by Crippen LogP contribution is -2.38. The first-order valence-electron chi connectivity index (χ1n) is 7.84. The predicted octanol–water partition coefficient (Wildman–Crippen LogP) is 2.91. The van der Waals surface area contributed by atoms with Gasteiger partial charge < -0.3 is 4.74 Å². The van der Waals surface area contributed by atoms with E-state index in [0.29, 0.717) is 12.2 Å². The SMILES string of the molecule is O=C1CC2(CCCCC2)C(=O)N1CCOc1ccc(F)cc1. The second-order valence-corrected chi connectivity index (χ2v) is 6.17. The molecular formula is C17H20FNO3. The van der Waals surface area contributed by atoms with E-state index in [0.717, 1.165) is 32.1 Å². The fourth-order valence-electron chi connectivity index (χ4n) is 3.49. The van der Waals surface area contributed by atoms with Gasteiger partial charge in [-0.25, -0.2) is 4.39 Å². The molecule has 0 N–H and O–H groups in total. The molecule has 4 nitrogen and oxygen atoms in total. The molecule has 5 heteroatoms. The van der Waals surface area contributed by atoms with Crippen molar-refractivity contribution in [2.45, 2.75) is 38.5 Å². The predicted molar refractivity (Wildman–Crippen MR) is 78.8 cm³/mol. The van der Waals surface area contributed by atoms with Gasteiger partial charge in [-0.1, -0.05) is 19.3 Å². The van der Waals surface area contributed by atoms with E-state index >= 15 is 0 Å². The molecule has 2 aliphatic rings. The van der Waals surface area contributed by atoms with E-state index in [2.05, 4.69) is 0 Å². The first kappa shape index (κ1) is 15.0. The molecule has 0 unspecified atom stereocenters. The van der Waals surface area contributed by atoms with Crippen molar-refractivity contribution in [1.29, 1.82) is 0 Å². The minimum absolute atomic E-state index is 0.0279. The Morgan fingerprint density at radius 1 is 1.09 bits per heavy atom. The quantitative estimate of drug-likeness (QED) is 0.804. The summed E-state index contributed by atoms with van der Waals surface area (Å²) in [7, 11) is 0. The highest BCUT2D eigenvalue weighted by Gasteiger charge is 2.51. The Bertz CT molecular complexity index is 564. The number of carbonyl (C=O) groups is 2. The van der Waals surface area contributed by atoms with Crippen LogP contribution in [0.4, 0.5) is 4.39 Å². The Morgan fingerprint density at radius 3 is 2.45 bits per heavy atom. The van der Waals surface area contributed by atoms with Gasteiger partial charge in [-0.05, 0) is 37.1 Å². The van der Waals surface area contributed by atoms with Gasteiger partial charge in [0.2, 0.25) is 11.8 Å². The zero-order valence-corrected chi connectivity index (χ0v) is 12.5. The summed E-state index contributed by atoms with van der Waals surface area (Å²) in [6.45, 7) is 0.496. The minimum atomic E-state index is -0.439. The van der Waals surface area contributed by atoms with Crippen LogP contribution in [0.25, 0.3) is 0 Å². The van der Waals surface area contributed by atoms with Gasteiger partial charge in [0.15, 0.2) is 0 Å². The van der Waals surface area contributed by atoms with Crippen LogP contribution in [0.2, 0.25) is 0 Å². The molecule has 1 saturated carbocycles. The van der Waals surface area contributed by atoms with Crippen molar-refractivity contribution in [1.82, 2.24) is 4.90 Å². The van der Waals surface area contributed by atoms with E-state index in [4.69, 9.17) is 4.74 Å². The summed E-state index contributed by atoms with van der Waals surface area (Å²) in [6, 6.07) is 5.70.